The standard InChI is InChI=1S/C23H14N2O/c1-2-8-16-15(7-1)13-14-18-17-9-3-5-11-20(17)25(22(16)18)23-24-19-10-4-6-12-21(19)26-23/h1-14H. The molecular formula is C23H14N2O. The van der Waals surface area contributed by atoms with Crippen molar-refractivity contribution < 1.29 is 4.42 Å². The van der Waals surface area contributed by atoms with Crippen molar-refractivity contribution in [1.29, 1.82) is 0 Å². The summed E-state index contributed by atoms with van der Waals surface area (Å²) in [5, 5.41) is 4.82. The van der Waals surface area contributed by atoms with E-state index in [1.807, 2.05) is 24.3 Å². The van der Waals surface area contributed by atoms with E-state index < -0.39 is 0 Å². The van der Waals surface area contributed by atoms with E-state index in [1.165, 1.54) is 21.5 Å². The van der Waals surface area contributed by atoms with Crippen molar-refractivity contribution in [3.8, 4) is 6.01 Å². The highest BCUT2D eigenvalue weighted by Gasteiger charge is 2.18. The van der Waals surface area contributed by atoms with Gasteiger partial charge in [0.15, 0.2) is 5.58 Å². The maximum atomic E-state index is 6.13. The van der Waals surface area contributed by atoms with Gasteiger partial charge in [-0.25, -0.2) is 0 Å². The zero-order chi connectivity index (χ0) is 17.1. The number of aromatic nitrogens is 2. The molecule has 6 aromatic rings. The molecule has 0 radical (unpaired) electrons. The normalized spacial score (nSPS) is 11.8. The largest absolute Gasteiger partial charge is 0.423 e. The van der Waals surface area contributed by atoms with Crippen LogP contribution in [-0.2, 0) is 0 Å². The highest BCUT2D eigenvalue weighted by molar-refractivity contribution is 6.18. The molecule has 0 aliphatic rings. The number of hydrogen-bond donors (Lipinski definition) is 0. The second-order valence-corrected chi connectivity index (χ2v) is 6.50. The number of rotatable bonds is 1. The molecule has 0 atom stereocenters. The Balaban J connectivity index is 1.87. The van der Waals surface area contributed by atoms with Crippen molar-refractivity contribution in [2.24, 2.45) is 0 Å². The van der Waals surface area contributed by atoms with Crippen LogP contribution in [0.5, 0.6) is 0 Å². The molecule has 0 aliphatic carbocycles. The van der Waals surface area contributed by atoms with Crippen LogP contribution in [0.4, 0.5) is 0 Å². The summed E-state index contributed by atoms with van der Waals surface area (Å²) in [4.78, 5) is 4.76. The summed E-state index contributed by atoms with van der Waals surface area (Å²) in [5.41, 5.74) is 3.91. The zero-order valence-electron chi connectivity index (χ0n) is 13.9. The molecule has 2 heterocycles. The Kier molecular flexibility index (Phi) is 2.61. The van der Waals surface area contributed by atoms with Gasteiger partial charge in [0.25, 0.3) is 0 Å². The molecule has 2 aromatic heterocycles. The lowest BCUT2D eigenvalue weighted by Gasteiger charge is -2.05. The molecule has 0 amide bonds. The van der Waals surface area contributed by atoms with Crippen LogP contribution >= 0.6 is 0 Å². The number of hydrogen-bond acceptors (Lipinski definition) is 2. The van der Waals surface area contributed by atoms with Gasteiger partial charge < -0.3 is 4.42 Å². The molecule has 0 saturated carbocycles. The predicted octanol–water partition coefficient (Wildman–Crippen LogP) is 6.08. The van der Waals surface area contributed by atoms with Crippen LogP contribution in [0.15, 0.2) is 89.3 Å². The van der Waals surface area contributed by atoms with Gasteiger partial charge in [0, 0.05) is 16.2 Å². The summed E-state index contributed by atoms with van der Waals surface area (Å²) in [6.07, 6.45) is 0. The number of benzene rings is 4. The SMILES string of the molecule is c1ccc2c(c1)ccc1c3ccccc3n(-c3nc4ccccc4o3)c21. The Morgan fingerprint density at radius 2 is 1.42 bits per heavy atom. The Morgan fingerprint density at radius 1 is 0.654 bits per heavy atom. The number of nitrogens with zero attached hydrogens (tertiary/aromatic N) is 2. The molecule has 4 aromatic carbocycles. The second kappa shape index (κ2) is 4.96. The van der Waals surface area contributed by atoms with E-state index in [0.29, 0.717) is 6.01 Å². The van der Waals surface area contributed by atoms with Crippen LogP contribution in [0.2, 0.25) is 0 Å². The van der Waals surface area contributed by atoms with E-state index >= 15 is 0 Å². The molecule has 3 heteroatoms. The summed E-state index contributed by atoms with van der Waals surface area (Å²) in [6.45, 7) is 0. The van der Waals surface area contributed by atoms with Gasteiger partial charge in [0.1, 0.15) is 5.52 Å². The lowest BCUT2D eigenvalue weighted by molar-refractivity contribution is 0.574. The third-order valence-electron chi connectivity index (χ3n) is 5.03. The smallest absolute Gasteiger partial charge is 0.307 e. The first kappa shape index (κ1) is 13.7. The van der Waals surface area contributed by atoms with Gasteiger partial charge in [-0.3, -0.25) is 4.57 Å². The lowest BCUT2D eigenvalue weighted by Crippen LogP contribution is -1.94. The maximum absolute atomic E-state index is 6.13. The first-order chi connectivity index (χ1) is 12.9. The fourth-order valence-electron chi connectivity index (χ4n) is 3.88. The third-order valence-corrected chi connectivity index (χ3v) is 5.03. The zero-order valence-corrected chi connectivity index (χ0v) is 13.9. The van der Waals surface area contributed by atoms with Gasteiger partial charge in [-0.15, -0.1) is 0 Å². The van der Waals surface area contributed by atoms with Crippen molar-refractivity contribution >= 4 is 43.7 Å². The van der Waals surface area contributed by atoms with Gasteiger partial charge in [-0.1, -0.05) is 66.7 Å². The minimum atomic E-state index is 0.605. The first-order valence-electron chi connectivity index (χ1n) is 8.67. The van der Waals surface area contributed by atoms with Crippen molar-refractivity contribution in [2.75, 3.05) is 0 Å². The van der Waals surface area contributed by atoms with Crippen LogP contribution in [-0.4, -0.2) is 9.55 Å². The highest BCUT2D eigenvalue weighted by Crippen LogP contribution is 2.36. The van der Waals surface area contributed by atoms with Crippen molar-refractivity contribution in [2.45, 2.75) is 0 Å². The molecule has 6 rings (SSSR count). The Morgan fingerprint density at radius 3 is 2.35 bits per heavy atom. The van der Waals surface area contributed by atoms with Crippen molar-refractivity contribution in [1.82, 2.24) is 9.55 Å². The summed E-state index contributed by atoms with van der Waals surface area (Å²) in [7, 11) is 0. The number of oxazole rings is 1. The van der Waals surface area contributed by atoms with E-state index in [2.05, 4.69) is 65.2 Å². The predicted molar refractivity (Wildman–Crippen MR) is 106 cm³/mol. The van der Waals surface area contributed by atoms with Gasteiger partial charge in [-0.2, -0.15) is 4.98 Å². The van der Waals surface area contributed by atoms with Crippen molar-refractivity contribution in [3.63, 3.8) is 0 Å². The number of para-hydroxylation sites is 3. The first-order valence-corrected chi connectivity index (χ1v) is 8.67. The average molecular weight is 334 g/mol. The Hall–Kier alpha value is -3.59. The fourth-order valence-corrected chi connectivity index (χ4v) is 3.88. The van der Waals surface area contributed by atoms with Crippen LogP contribution < -0.4 is 0 Å². The average Bonchev–Trinajstić information content (AvgIpc) is 3.26. The van der Waals surface area contributed by atoms with Gasteiger partial charge >= 0.3 is 6.01 Å². The highest BCUT2D eigenvalue weighted by atomic mass is 16.4. The van der Waals surface area contributed by atoms with Gasteiger partial charge in [0.05, 0.1) is 11.0 Å². The number of fused-ring (bicyclic) bond motifs is 6. The van der Waals surface area contributed by atoms with Crippen LogP contribution in [0.25, 0.3) is 49.7 Å². The van der Waals surface area contributed by atoms with Crippen LogP contribution in [0.3, 0.4) is 0 Å². The molecule has 0 fully saturated rings. The minimum Gasteiger partial charge on any atom is -0.423 e. The summed E-state index contributed by atoms with van der Waals surface area (Å²) in [5.74, 6) is 0. The topological polar surface area (TPSA) is 31.0 Å². The quantitative estimate of drug-likeness (QED) is 0.365. The lowest BCUT2D eigenvalue weighted by atomic mass is 10.1. The van der Waals surface area contributed by atoms with E-state index in [4.69, 9.17) is 9.40 Å². The molecule has 122 valence electrons. The molecule has 0 bridgehead atoms. The summed E-state index contributed by atoms with van der Waals surface area (Å²) < 4.78 is 8.28. The maximum Gasteiger partial charge on any atom is 0.307 e. The van der Waals surface area contributed by atoms with E-state index in [-0.39, 0.29) is 0 Å². The molecule has 0 spiro atoms. The third kappa shape index (κ3) is 1.74. The van der Waals surface area contributed by atoms with Gasteiger partial charge in [0.2, 0.25) is 0 Å². The summed E-state index contributed by atoms with van der Waals surface area (Å²) >= 11 is 0. The molecule has 26 heavy (non-hydrogen) atoms. The molecule has 0 unspecified atom stereocenters. The van der Waals surface area contributed by atoms with E-state index in [1.54, 1.807) is 0 Å². The van der Waals surface area contributed by atoms with E-state index in [9.17, 15) is 0 Å². The molecule has 3 nitrogen and oxygen atoms in total. The van der Waals surface area contributed by atoms with E-state index in [0.717, 1.165) is 22.1 Å². The molecule has 0 saturated heterocycles. The Labute approximate surface area is 149 Å². The van der Waals surface area contributed by atoms with Crippen LogP contribution in [0, 0.1) is 0 Å². The van der Waals surface area contributed by atoms with Gasteiger partial charge in [-0.05, 0) is 23.6 Å². The molecular weight excluding hydrogens is 320 g/mol. The second-order valence-electron chi connectivity index (χ2n) is 6.50. The Bertz CT molecular complexity index is 1410. The fraction of sp³-hybridized carbons (Fsp3) is 0. The monoisotopic (exact) mass is 334 g/mol. The van der Waals surface area contributed by atoms with Crippen molar-refractivity contribution in [3.05, 3.63) is 84.9 Å². The molecule has 0 aliphatic heterocycles. The minimum absolute atomic E-state index is 0.605. The molecule has 0 N–H and O–H groups in total. The summed E-state index contributed by atoms with van der Waals surface area (Å²) in [6, 6.07) is 29.7. The van der Waals surface area contributed by atoms with Crippen LogP contribution in [0.1, 0.15) is 0 Å².